The van der Waals surface area contributed by atoms with Crippen LogP contribution in [0.3, 0.4) is 0 Å². The average Bonchev–Trinajstić information content (AvgIpc) is 3.00. The summed E-state index contributed by atoms with van der Waals surface area (Å²) in [6.07, 6.45) is 0.841. The van der Waals surface area contributed by atoms with E-state index in [0.29, 0.717) is 34.4 Å². The standard InChI is InChI=1S/C18H17NO5S/c1-4-11-5-12-16(6-15(11)24-9(2)18(21)22)23-7-13(17(12)20)14-8-25-10(3)19-14/h5-9H,4H2,1-3H3,(H,21,22)/p-1/t9-/m0/s1. The largest absolute Gasteiger partial charge is 0.546 e. The molecule has 0 aliphatic heterocycles. The van der Waals surface area contributed by atoms with Crippen LogP contribution in [0.2, 0.25) is 0 Å². The molecule has 2 heterocycles. The van der Waals surface area contributed by atoms with E-state index in [2.05, 4.69) is 4.98 Å². The van der Waals surface area contributed by atoms with Crippen molar-refractivity contribution in [2.24, 2.45) is 0 Å². The molecule has 0 amide bonds. The number of thiazole rings is 1. The molecule has 0 fully saturated rings. The summed E-state index contributed by atoms with van der Waals surface area (Å²) in [5.41, 5.74) is 1.86. The van der Waals surface area contributed by atoms with Gasteiger partial charge in [0.15, 0.2) is 0 Å². The van der Waals surface area contributed by atoms with Crippen molar-refractivity contribution in [1.82, 2.24) is 4.98 Å². The van der Waals surface area contributed by atoms with E-state index >= 15 is 0 Å². The Kier molecular flexibility index (Phi) is 4.59. The summed E-state index contributed by atoms with van der Waals surface area (Å²) in [5, 5.41) is 14.0. The molecule has 3 rings (SSSR count). The Morgan fingerprint density at radius 2 is 2.20 bits per heavy atom. The second-order valence-corrected chi connectivity index (χ2v) is 6.68. The number of carbonyl (C=O) groups excluding carboxylic acids is 1. The Morgan fingerprint density at radius 3 is 2.80 bits per heavy atom. The SMILES string of the molecule is CCc1cc2c(=O)c(-c3csc(C)n3)coc2cc1O[C@@H](C)C(=O)[O-]. The van der Waals surface area contributed by atoms with Crippen LogP contribution in [0.4, 0.5) is 0 Å². The highest BCUT2D eigenvalue weighted by atomic mass is 32.1. The lowest BCUT2D eigenvalue weighted by molar-refractivity contribution is -0.312. The Bertz CT molecular complexity index is 1000. The zero-order valence-electron chi connectivity index (χ0n) is 14.0. The summed E-state index contributed by atoms with van der Waals surface area (Å²) in [5.74, 6) is -0.940. The first-order valence-corrected chi connectivity index (χ1v) is 8.67. The van der Waals surface area contributed by atoms with E-state index in [-0.39, 0.29) is 5.43 Å². The third-order valence-electron chi connectivity index (χ3n) is 3.87. The van der Waals surface area contributed by atoms with Gasteiger partial charge in [-0.2, -0.15) is 0 Å². The number of ether oxygens (including phenoxy) is 1. The van der Waals surface area contributed by atoms with Crippen molar-refractivity contribution < 1.29 is 19.1 Å². The third kappa shape index (κ3) is 3.28. The van der Waals surface area contributed by atoms with Crippen LogP contribution in [0, 0.1) is 6.92 Å². The van der Waals surface area contributed by atoms with Gasteiger partial charge in [0.1, 0.15) is 23.7 Å². The predicted octanol–water partition coefficient (Wildman–Crippen LogP) is 2.30. The highest BCUT2D eigenvalue weighted by Crippen LogP contribution is 2.28. The summed E-state index contributed by atoms with van der Waals surface area (Å²) in [6, 6.07) is 3.23. The van der Waals surface area contributed by atoms with E-state index in [9.17, 15) is 14.7 Å². The smallest absolute Gasteiger partial charge is 0.202 e. The quantitative estimate of drug-likeness (QED) is 0.695. The van der Waals surface area contributed by atoms with Gasteiger partial charge in [-0.3, -0.25) is 4.79 Å². The number of aryl methyl sites for hydroxylation is 2. The molecule has 1 atom stereocenters. The van der Waals surface area contributed by atoms with E-state index in [1.165, 1.54) is 24.5 Å². The lowest BCUT2D eigenvalue weighted by Gasteiger charge is -2.18. The second kappa shape index (κ2) is 6.68. The minimum atomic E-state index is -1.31. The van der Waals surface area contributed by atoms with E-state index in [1.54, 1.807) is 12.1 Å². The van der Waals surface area contributed by atoms with Crippen LogP contribution < -0.4 is 15.3 Å². The molecular weight excluding hydrogens is 342 g/mol. The first kappa shape index (κ1) is 17.2. The Balaban J connectivity index is 2.13. The van der Waals surface area contributed by atoms with Crippen LogP contribution in [0.1, 0.15) is 24.4 Å². The fourth-order valence-corrected chi connectivity index (χ4v) is 3.10. The summed E-state index contributed by atoms with van der Waals surface area (Å²) in [4.78, 5) is 28.0. The summed E-state index contributed by atoms with van der Waals surface area (Å²) < 4.78 is 11.0. The fraction of sp³-hybridized carbons (Fsp3) is 0.278. The maximum atomic E-state index is 12.8. The van der Waals surface area contributed by atoms with E-state index in [4.69, 9.17) is 9.15 Å². The molecule has 0 aliphatic rings. The van der Waals surface area contributed by atoms with Gasteiger partial charge < -0.3 is 19.1 Å². The first-order chi connectivity index (χ1) is 11.9. The van der Waals surface area contributed by atoms with Crippen LogP contribution in [0.25, 0.3) is 22.2 Å². The molecule has 0 saturated carbocycles. The molecule has 130 valence electrons. The molecule has 0 radical (unpaired) electrons. The lowest BCUT2D eigenvalue weighted by atomic mass is 10.1. The topological polar surface area (TPSA) is 92.5 Å². The number of rotatable bonds is 5. The van der Waals surface area contributed by atoms with E-state index in [0.717, 1.165) is 10.6 Å². The van der Waals surface area contributed by atoms with Crippen LogP contribution >= 0.6 is 11.3 Å². The number of carboxylic acid groups (broad SMARTS) is 1. The number of aliphatic carboxylic acids is 1. The Morgan fingerprint density at radius 1 is 1.44 bits per heavy atom. The van der Waals surface area contributed by atoms with Crippen molar-refractivity contribution in [2.75, 3.05) is 0 Å². The third-order valence-corrected chi connectivity index (χ3v) is 4.64. The molecule has 0 N–H and O–H groups in total. The monoisotopic (exact) mass is 358 g/mol. The van der Waals surface area contributed by atoms with Crippen LogP contribution in [-0.2, 0) is 11.2 Å². The molecule has 3 aromatic rings. The van der Waals surface area contributed by atoms with Crippen molar-refractivity contribution >= 4 is 28.3 Å². The van der Waals surface area contributed by atoms with Crippen LogP contribution in [-0.4, -0.2) is 17.1 Å². The van der Waals surface area contributed by atoms with Crippen molar-refractivity contribution in [1.29, 1.82) is 0 Å². The molecule has 1 aromatic carbocycles. The summed E-state index contributed by atoms with van der Waals surface area (Å²) >= 11 is 1.46. The number of fused-ring (bicyclic) bond motifs is 1. The number of aromatic nitrogens is 1. The highest BCUT2D eigenvalue weighted by Gasteiger charge is 2.16. The van der Waals surface area contributed by atoms with Gasteiger partial charge in [0, 0.05) is 11.4 Å². The maximum Gasteiger partial charge on any atom is 0.202 e. The first-order valence-electron chi connectivity index (χ1n) is 7.79. The zero-order chi connectivity index (χ0) is 18.1. The highest BCUT2D eigenvalue weighted by molar-refractivity contribution is 7.09. The molecule has 6 nitrogen and oxygen atoms in total. The molecule has 0 unspecified atom stereocenters. The van der Waals surface area contributed by atoms with Crippen LogP contribution in [0.5, 0.6) is 5.75 Å². The maximum absolute atomic E-state index is 12.8. The molecule has 0 spiro atoms. The fourth-order valence-electron chi connectivity index (χ4n) is 2.49. The van der Waals surface area contributed by atoms with E-state index < -0.39 is 12.1 Å². The van der Waals surface area contributed by atoms with E-state index in [1.807, 2.05) is 19.2 Å². The molecule has 0 bridgehead atoms. The Hall–Kier alpha value is -2.67. The number of hydrogen-bond acceptors (Lipinski definition) is 7. The molecule has 7 heteroatoms. The molecule has 0 aliphatic carbocycles. The second-order valence-electron chi connectivity index (χ2n) is 5.62. The molecule has 0 saturated heterocycles. The number of nitrogens with zero attached hydrogens (tertiary/aromatic N) is 1. The number of hydrogen-bond donors (Lipinski definition) is 0. The van der Waals surface area contributed by atoms with Crippen molar-refractivity contribution in [3.63, 3.8) is 0 Å². The van der Waals surface area contributed by atoms with Crippen molar-refractivity contribution in [3.8, 4) is 17.0 Å². The van der Waals surface area contributed by atoms with Gasteiger partial charge in [-0.15, -0.1) is 11.3 Å². The average molecular weight is 358 g/mol. The normalized spacial score (nSPS) is 12.3. The summed E-state index contributed by atoms with van der Waals surface area (Å²) in [6.45, 7) is 5.16. The van der Waals surface area contributed by atoms with Gasteiger partial charge in [0.05, 0.1) is 27.6 Å². The van der Waals surface area contributed by atoms with Gasteiger partial charge in [-0.05, 0) is 31.9 Å². The molecular formula is C18H16NO5S-. The summed E-state index contributed by atoms with van der Waals surface area (Å²) in [7, 11) is 0. The Labute approximate surface area is 147 Å². The minimum absolute atomic E-state index is 0.180. The lowest BCUT2D eigenvalue weighted by Crippen LogP contribution is -2.37. The van der Waals surface area contributed by atoms with Gasteiger partial charge >= 0.3 is 0 Å². The zero-order valence-corrected chi connectivity index (χ0v) is 14.8. The van der Waals surface area contributed by atoms with Crippen molar-refractivity contribution in [3.05, 3.63) is 44.6 Å². The number of carbonyl (C=O) groups is 1. The minimum Gasteiger partial charge on any atom is -0.546 e. The van der Waals surface area contributed by atoms with Crippen LogP contribution in [0.15, 0.2) is 33.0 Å². The molecule has 2 aromatic heterocycles. The van der Waals surface area contributed by atoms with Gasteiger partial charge in [-0.25, -0.2) is 4.98 Å². The van der Waals surface area contributed by atoms with Gasteiger partial charge in [0.2, 0.25) is 5.43 Å². The van der Waals surface area contributed by atoms with Gasteiger partial charge in [-0.1, -0.05) is 6.92 Å². The number of carboxylic acids is 1. The molecule has 25 heavy (non-hydrogen) atoms. The van der Waals surface area contributed by atoms with Gasteiger partial charge in [0.25, 0.3) is 0 Å². The van der Waals surface area contributed by atoms with Crippen molar-refractivity contribution in [2.45, 2.75) is 33.3 Å². The predicted molar refractivity (Wildman–Crippen MR) is 92.8 cm³/mol. The number of benzene rings is 1.